The highest BCUT2D eigenvalue weighted by Crippen LogP contribution is 2.47. The number of benzene rings is 8. The number of nitrogens with zero attached hydrogens (tertiary/aromatic N) is 1. The normalized spacial score (nSPS) is 12.2. The lowest BCUT2D eigenvalue weighted by Crippen LogP contribution is -1.95. The third-order valence-electron chi connectivity index (χ3n) is 11.5. The van der Waals surface area contributed by atoms with E-state index in [2.05, 4.69) is 183 Å². The number of rotatable bonds is 7. The molecule has 0 fully saturated rings. The molecule has 0 spiro atoms. The Bertz CT molecular complexity index is 3380. The maximum absolute atomic E-state index is 7.06. The van der Waals surface area contributed by atoms with Crippen LogP contribution in [0, 0.1) is 0 Å². The monoisotopic (exact) mass is 809 g/mol. The fraction of sp³-hybridized carbons (Fsp3) is 0.0893. The van der Waals surface area contributed by atoms with Gasteiger partial charge in [0.2, 0.25) is 0 Å². The average Bonchev–Trinajstić information content (AvgIpc) is 4.01. The standard InChI is InChI=1S/C54H37NOS2.C2H6/c1-3-55-50-47-32-39(36-18-12-20-38(30-36)41-24-14-26-45-43-22-8-10-28-49(43)58-54(41)45)31-46(34-15-5-4-6-16-34)52(47)56-51(50)33(2)35-17-11-19-37(29-35)40-23-13-25-44-42-21-7-9-27-48(42)57-53(40)44;1-2/h3-33H,1-2H3;1-2H3. The van der Waals surface area contributed by atoms with Crippen LogP contribution < -0.4 is 0 Å². The lowest BCUT2D eigenvalue weighted by molar-refractivity contribution is 0.534. The molecule has 4 heteroatoms. The molecule has 290 valence electrons. The molecule has 3 aromatic heterocycles. The first-order valence-corrected chi connectivity index (χ1v) is 22.4. The van der Waals surface area contributed by atoms with E-state index in [0.717, 1.165) is 44.7 Å². The summed E-state index contributed by atoms with van der Waals surface area (Å²) in [5.74, 6) is 0.815. The fourth-order valence-corrected chi connectivity index (χ4v) is 11.2. The van der Waals surface area contributed by atoms with Gasteiger partial charge in [-0.15, -0.1) is 22.7 Å². The molecule has 0 saturated heterocycles. The summed E-state index contributed by atoms with van der Waals surface area (Å²) >= 11 is 3.74. The molecule has 0 saturated carbocycles. The molecule has 2 nitrogen and oxygen atoms in total. The van der Waals surface area contributed by atoms with Crippen LogP contribution in [-0.4, -0.2) is 6.21 Å². The largest absolute Gasteiger partial charge is 0.457 e. The van der Waals surface area contributed by atoms with Gasteiger partial charge in [0.15, 0.2) is 0 Å². The van der Waals surface area contributed by atoms with E-state index in [0.29, 0.717) is 0 Å². The van der Waals surface area contributed by atoms with Crippen LogP contribution in [0.3, 0.4) is 0 Å². The van der Waals surface area contributed by atoms with E-state index in [1.165, 1.54) is 68.2 Å². The third kappa shape index (κ3) is 6.44. The van der Waals surface area contributed by atoms with Gasteiger partial charge in [-0.1, -0.05) is 166 Å². The van der Waals surface area contributed by atoms with Crippen LogP contribution in [0.5, 0.6) is 0 Å². The van der Waals surface area contributed by atoms with Crippen LogP contribution in [0.2, 0.25) is 0 Å². The van der Waals surface area contributed by atoms with Gasteiger partial charge in [0, 0.05) is 63.4 Å². The Morgan fingerprint density at radius 2 is 1.00 bits per heavy atom. The van der Waals surface area contributed by atoms with Crippen LogP contribution in [0.4, 0.5) is 5.69 Å². The summed E-state index contributed by atoms with van der Waals surface area (Å²) < 4.78 is 12.3. The molecule has 0 amide bonds. The lowest BCUT2D eigenvalue weighted by atomic mass is 9.92. The van der Waals surface area contributed by atoms with Crippen molar-refractivity contribution in [3.63, 3.8) is 0 Å². The molecule has 11 aromatic rings. The summed E-state index contributed by atoms with van der Waals surface area (Å²) in [5.41, 5.74) is 12.3. The minimum absolute atomic E-state index is 0.0511. The Morgan fingerprint density at radius 1 is 0.467 bits per heavy atom. The first-order chi connectivity index (χ1) is 29.6. The van der Waals surface area contributed by atoms with Gasteiger partial charge in [-0.05, 0) is 81.8 Å². The number of thiophene rings is 2. The number of hydrogen-bond donors (Lipinski definition) is 0. The summed E-state index contributed by atoms with van der Waals surface area (Å²) in [6, 6.07) is 63.9. The number of furan rings is 1. The molecule has 8 aromatic carbocycles. The minimum Gasteiger partial charge on any atom is -0.457 e. The number of fused-ring (bicyclic) bond motifs is 7. The van der Waals surface area contributed by atoms with Gasteiger partial charge in [0.05, 0.1) is 0 Å². The highest BCUT2D eigenvalue weighted by atomic mass is 32.1. The molecule has 0 radical (unpaired) electrons. The zero-order valence-corrected chi connectivity index (χ0v) is 35.7. The van der Waals surface area contributed by atoms with Crippen molar-refractivity contribution in [2.75, 3.05) is 0 Å². The van der Waals surface area contributed by atoms with Crippen LogP contribution in [0.15, 0.2) is 185 Å². The molecule has 0 bridgehead atoms. The topological polar surface area (TPSA) is 25.5 Å². The van der Waals surface area contributed by atoms with E-state index >= 15 is 0 Å². The molecule has 1 atom stereocenters. The van der Waals surface area contributed by atoms with E-state index < -0.39 is 0 Å². The molecule has 60 heavy (non-hydrogen) atoms. The predicted molar refractivity (Wildman–Crippen MR) is 263 cm³/mol. The van der Waals surface area contributed by atoms with Crippen molar-refractivity contribution in [2.24, 2.45) is 4.99 Å². The van der Waals surface area contributed by atoms with Gasteiger partial charge in [0.1, 0.15) is 17.0 Å². The molecular formula is C56H43NOS2. The summed E-state index contributed by atoms with van der Waals surface area (Å²) in [4.78, 5) is 5.06. The predicted octanol–water partition coefficient (Wildman–Crippen LogP) is 17.7. The van der Waals surface area contributed by atoms with Crippen molar-refractivity contribution < 1.29 is 4.42 Å². The third-order valence-corrected chi connectivity index (χ3v) is 14.0. The van der Waals surface area contributed by atoms with Crippen LogP contribution >= 0.6 is 22.7 Å². The number of aliphatic imine (C=N–C) groups is 1. The first-order valence-electron chi connectivity index (χ1n) is 20.8. The van der Waals surface area contributed by atoms with Crippen molar-refractivity contribution in [3.8, 4) is 44.5 Å². The molecule has 1 unspecified atom stereocenters. The molecule has 3 heterocycles. The second-order valence-electron chi connectivity index (χ2n) is 15.0. The minimum atomic E-state index is -0.0511. The van der Waals surface area contributed by atoms with Crippen molar-refractivity contribution in [1.29, 1.82) is 0 Å². The SMILES string of the molecule is CC.CC=Nc1c(C(C)c2cccc(-c3cccc4c3sc3ccccc34)c2)oc2c(-c3ccccc3)cc(-c3cccc(-c4cccc5c4sc4ccccc45)c3)cc12. The molecule has 0 aliphatic rings. The lowest BCUT2D eigenvalue weighted by Gasteiger charge is -2.13. The smallest absolute Gasteiger partial charge is 0.144 e. The Labute approximate surface area is 358 Å². The second-order valence-corrected chi connectivity index (χ2v) is 17.1. The van der Waals surface area contributed by atoms with Crippen LogP contribution in [0.1, 0.15) is 44.9 Å². The van der Waals surface area contributed by atoms with E-state index in [4.69, 9.17) is 9.41 Å². The van der Waals surface area contributed by atoms with Crippen molar-refractivity contribution in [1.82, 2.24) is 0 Å². The Morgan fingerprint density at radius 3 is 1.65 bits per heavy atom. The quantitative estimate of drug-likeness (QED) is 0.147. The van der Waals surface area contributed by atoms with E-state index in [1.54, 1.807) is 0 Å². The summed E-state index contributed by atoms with van der Waals surface area (Å²) in [6.07, 6.45) is 1.89. The molecule has 0 N–H and O–H groups in total. The molecule has 0 aliphatic carbocycles. The highest BCUT2D eigenvalue weighted by Gasteiger charge is 2.25. The van der Waals surface area contributed by atoms with E-state index in [9.17, 15) is 0 Å². The summed E-state index contributed by atoms with van der Waals surface area (Å²) in [7, 11) is 0. The maximum atomic E-state index is 7.06. The molecular weight excluding hydrogens is 767 g/mol. The van der Waals surface area contributed by atoms with Gasteiger partial charge in [-0.25, -0.2) is 0 Å². The Kier molecular flexibility index (Phi) is 9.97. The van der Waals surface area contributed by atoms with Gasteiger partial charge in [-0.3, -0.25) is 4.99 Å². The molecule has 11 rings (SSSR count). The maximum Gasteiger partial charge on any atom is 0.144 e. The van der Waals surface area contributed by atoms with E-state index in [-0.39, 0.29) is 5.92 Å². The fourth-order valence-electron chi connectivity index (χ4n) is 8.70. The van der Waals surface area contributed by atoms with Gasteiger partial charge in [-0.2, -0.15) is 0 Å². The van der Waals surface area contributed by atoms with E-state index in [1.807, 2.05) is 49.7 Å². The summed E-state index contributed by atoms with van der Waals surface area (Å²) in [5, 5.41) is 6.25. The Balaban J connectivity index is 0.00000213. The van der Waals surface area contributed by atoms with Crippen LogP contribution in [-0.2, 0) is 0 Å². The first kappa shape index (κ1) is 37.7. The van der Waals surface area contributed by atoms with Crippen molar-refractivity contribution in [3.05, 3.63) is 187 Å². The number of hydrogen-bond acceptors (Lipinski definition) is 4. The second kappa shape index (κ2) is 15.9. The van der Waals surface area contributed by atoms with Crippen molar-refractivity contribution >= 4 is 85.9 Å². The van der Waals surface area contributed by atoms with Gasteiger partial charge >= 0.3 is 0 Å². The van der Waals surface area contributed by atoms with Crippen LogP contribution in [0.25, 0.3) is 95.8 Å². The average molecular weight is 810 g/mol. The zero-order chi connectivity index (χ0) is 40.7. The molecule has 0 aliphatic heterocycles. The van der Waals surface area contributed by atoms with Gasteiger partial charge < -0.3 is 4.42 Å². The van der Waals surface area contributed by atoms with Crippen molar-refractivity contribution in [2.45, 2.75) is 33.6 Å². The summed E-state index contributed by atoms with van der Waals surface area (Å²) in [6.45, 7) is 8.23. The van der Waals surface area contributed by atoms with Gasteiger partial charge in [0.25, 0.3) is 0 Å². The highest BCUT2D eigenvalue weighted by molar-refractivity contribution is 7.26. The zero-order valence-electron chi connectivity index (χ0n) is 34.1. The Hall–Kier alpha value is -6.59.